The Morgan fingerprint density at radius 2 is 1.71 bits per heavy atom. The van der Waals surface area contributed by atoms with Crippen LogP contribution in [0.15, 0.2) is 59.1 Å². The van der Waals surface area contributed by atoms with E-state index in [1.807, 2.05) is 59.1 Å². The molecule has 4 nitrogen and oxygen atoms in total. The third kappa shape index (κ3) is 6.11. The molecule has 0 unspecified atom stereocenters. The van der Waals surface area contributed by atoms with Crippen LogP contribution in [0.1, 0.15) is 28.8 Å². The zero-order valence-electron chi connectivity index (χ0n) is 15.8. The minimum absolute atomic E-state index is 0.00749. The SMILES string of the molecule is O=C(NCCSCc1ccccc1)C1CCN(C(=O)c2ccc(Br)cc2)CC1. The van der Waals surface area contributed by atoms with Gasteiger partial charge in [-0.05, 0) is 42.7 Å². The van der Waals surface area contributed by atoms with E-state index >= 15 is 0 Å². The average Bonchev–Trinajstić information content (AvgIpc) is 2.74. The monoisotopic (exact) mass is 460 g/mol. The van der Waals surface area contributed by atoms with Crippen LogP contribution in [0.25, 0.3) is 0 Å². The molecule has 1 N–H and O–H groups in total. The van der Waals surface area contributed by atoms with Gasteiger partial charge >= 0.3 is 0 Å². The number of likely N-dealkylation sites (tertiary alicyclic amines) is 1. The number of hydrogen-bond donors (Lipinski definition) is 1. The van der Waals surface area contributed by atoms with Crippen molar-refractivity contribution in [3.63, 3.8) is 0 Å². The first-order chi connectivity index (χ1) is 13.6. The summed E-state index contributed by atoms with van der Waals surface area (Å²) >= 11 is 5.21. The lowest BCUT2D eigenvalue weighted by Gasteiger charge is -2.31. The van der Waals surface area contributed by atoms with Crippen molar-refractivity contribution in [1.29, 1.82) is 0 Å². The molecule has 0 saturated carbocycles. The van der Waals surface area contributed by atoms with Gasteiger partial charge in [0.05, 0.1) is 0 Å². The van der Waals surface area contributed by atoms with Gasteiger partial charge in [-0.15, -0.1) is 0 Å². The molecule has 3 rings (SSSR count). The Morgan fingerprint density at radius 3 is 2.39 bits per heavy atom. The van der Waals surface area contributed by atoms with E-state index in [0.29, 0.717) is 25.2 Å². The van der Waals surface area contributed by atoms with Gasteiger partial charge in [0.25, 0.3) is 5.91 Å². The van der Waals surface area contributed by atoms with Crippen LogP contribution in [0.5, 0.6) is 0 Å². The summed E-state index contributed by atoms with van der Waals surface area (Å²) in [7, 11) is 0. The van der Waals surface area contributed by atoms with Gasteiger partial charge in [0, 0.05) is 47.1 Å². The number of carbonyl (C=O) groups excluding carboxylic acids is 2. The molecule has 6 heteroatoms. The smallest absolute Gasteiger partial charge is 0.253 e. The molecule has 0 radical (unpaired) electrons. The van der Waals surface area contributed by atoms with Crippen LogP contribution in [0.2, 0.25) is 0 Å². The van der Waals surface area contributed by atoms with Gasteiger partial charge < -0.3 is 10.2 Å². The summed E-state index contributed by atoms with van der Waals surface area (Å²) in [4.78, 5) is 26.8. The molecule has 0 aliphatic carbocycles. The summed E-state index contributed by atoms with van der Waals surface area (Å²) in [5.74, 6) is 2.04. The molecule has 2 amide bonds. The van der Waals surface area contributed by atoms with E-state index < -0.39 is 0 Å². The third-order valence-corrected chi connectivity index (χ3v) is 6.46. The first-order valence-electron chi connectivity index (χ1n) is 9.57. The first kappa shape index (κ1) is 20.9. The number of piperidine rings is 1. The number of nitrogens with zero attached hydrogens (tertiary/aromatic N) is 1. The van der Waals surface area contributed by atoms with E-state index in [1.54, 1.807) is 0 Å². The Labute approximate surface area is 179 Å². The molecule has 0 aromatic heterocycles. The zero-order valence-corrected chi connectivity index (χ0v) is 18.2. The summed E-state index contributed by atoms with van der Waals surface area (Å²) in [6.45, 7) is 1.96. The van der Waals surface area contributed by atoms with E-state index in [4.69, 9.17) is 0 Å². The lowest BCUT2D eigenvalue weighted by atomic mass is 9.95. The van der Waals surface area contributed by atoms with E-state index in [-0.39, 0.29) is 17.7 Å². The standard InChI is InChI=1S/C22H25BrN2O2S/c23-20-8-6-19(7-9-20)22(27)25-13-10-18(11-14-25)21(26)24-12-15-28-16-17-4-2-1-3-5-17/h1-9,18H,10-16H2,(H,24,26). The number of nitrogens with one attached hydrogen (secondary N) is 1. The Morgan fingerprint density at radius 1 is 1.04 bits per heavy atom. The fourth-order valence-corrected chi connectivity index (χ4v) is 4.36. The number of thioether (sulfide) groups is 1. The number of amides is 2. The van der Waals surface area contributed by atoms with Gasteiger partial charge in [-0.3, -0.25) is 9.59 Å². The summed E-state index contributed by atoms with van der Waals surface area (Å²) in [6.07, 6.45) is 1.45. The Kier molecular flexibility index (Phi) is 7.98. The quantitative estimate of drug-likeness (QED) is 0.624. The molecule has 1 fully saturated rings. The Balaban J connectivity index is 1.34. The normalized spacial score (nSPS) is 14.7. The molecule has 0 bridgehead atoms. The molecular weight excluding hydrogens is 436 g/mol. The molecule has 0 atom stereocenters. The van der Waals surface area contributed by atoms with Crippen LogP contribution in [-0.2, 0) is 10.5 Å². The molecule has 0 spiro atoms. The van der Waals surface area contributed by atoms with Crippen molar-refractivity contribution in [2.24, 2.45) is 5.92 Å². The van der Waals surface area contributed by atoms with Gasteiger partial charge in [0.2, 0.25) is 5.91 Å². The lowest BCUT2D eigenvalue weighted by molar-refractivity contribution is -0.126. The summed E-state index contributed by atoms with van der Waals surface area (Å²) < 4.78 is 0.960. The van der Waals surface area contributed by atoms with E-state index in [1.165, 1.54) is 5.56 Å². The van der Waals surface area contributed by atoms with Crippen LogP contribution in [-0.4, -0.2) is 42.1 Å². The highest BCUT2D eigenvalue weighted by Gasteiger charge is 2.27. The molecule has 1 heterocycles. The maximum atomic E-state index is 12.6. The van der Waals surface area contributed by atoms with Crippen LogP contribution >= 0.6 is 27.7 Å². The number of carbonyl (C=O) groups is 2. The first-order valence-corrected chi connectivity index (χ1v) is 11.5. The van der Waals surface area contributed by atoms with E-state index in [2.05, 4.69) is 33.4 Å². The van der Waals surface area contributed by atoms with Crippen LogP contribution in [0.3, 0.4) is 0 Å². The van der Waals surface area contributed by atoms with Crippen molar-refractivity contribution < 1.29 is 9.59 Å². The number of rotatable bonds is 7. The molecular formula is C22H25BrN2O2S. The molecule has 2 aromatic carbocycles. The predicted octanol–water partition coefficient (Wildman–Crippen LogP) is 4.35. The minimum atomic E-state index is 0.00749. The van der Waals surface area contributed by atoms with Gasteiger partial charge in [0.15, 0.2) is 0 Å². The van der Waals surface area contributed by atoms with Crippen LogP contribution < -0.4 is 5.32 Å². The van der Waals surface area contributed by atoms with Gasteiger partial charge in [-0.2, -0.15) is 11.8 Å². The molecule has 2 aromatic rings. The lowest BCUT2D eigenvalue weighted by Crippen LogP contribution is -2.43. The highest BCUT2D eigenvalue weighted by molar-refractivity contribution is 9.10. The van der Waals surface area contributed by atoms with Crippen molar-refractivity contribution in [2.75, 3.05) is 25.4 Å². The van der Waals surface area contributed by atoms with Crippen LogP contribution in [0.4, 0.5) is 0 Å². The maximum absolute atomic E-state index is 12.6. The van der Waals surface area contributed by atoms with Crippen LogP contribution in [0, 0.1) is 5.92 Å². The van der Waals surface area contributed by atoms with Crippen molar-refractivity contribution >= 4 is 39.5 Å². The van der Waals surface area contributed by atoms with Gasteiger partial charge in [0.1, 0.15) is 0 Å². The second-order valence-corrected chi connectivity index (χ2v) is 8.92. The number of benzene rings is 2. The topological polar surface area (TPSA) is 49.4 Å². The Bertz CT molecular complexity index is 775. The Hall–Kier alpha value is -1.79. The third-order valence-electron chi connectivity index (χ3n) is 4.90. The van der Waals surface area contributed by atoms with Gasteiger partial charge in [-0.1, -0.05) is 46.3 Å². The van der Waals surface area contributed by atoms with Crippen molar-refractivity contribution in [3.8, 4) is 0 Å². The highest BCUT2D eigenvalue weighted by atomic mass is 79.9. The van der Waals surface area contributed by atoms with Gasteiger partial charge in [-0.25, -0.2) is 0 Å². The summed E-state index contributed by atoms with van der Waals surface area (Å²) in [5, 5.41) is 3.05. The van der Waals surface area contributed by atoms with Crippen molar-refractivity contribution in [3.05, 3.63) is 70.2 Å². The molecule has 1 aliphatic heterocycles. The summed E-state index contributed by atoms with van der Waals surface area (Å²) in [6, 6.07) is 17.8. The second-order valence-electron chi connectivity index (χ2n) is 6.90. The fourth-order valence-electron chi connectivity index (χ4n) is 3.27. The molecule has 1 saturated heterocycles. The predicted molar refractivity (Wildman–Crippen MR) is 118 cm³/mol. The van der Waals surface area contributed by atoms with E-state index in [9.17, 15) is 9.59 Å². The fraction of sp³-hybridized carbons (Fsp3) is 0.364. The molecule has 28 heavy (non-hydrogen) atoms. The zero-order chi connectivity index (χ0) is 19.8. The van der Waals surface area contributed by atoms with E-state index in [0.717, 1.165) is 28.8 Å². The summed E-state index contributed by atoms with van der Waals surface area (Å²) in [5.41, 5.74) is 2.00. The average molecular weight is 461 g/mol. The highest BCUT2D eigenvalue weighted by Crippen LogP contribution is 2.20. The molecule has 148 valence electrons. The molecule has 1 aliphatic rings. The maximum Gasteiger partial charge on any atom is 0.253 e. The second kappa shape index (κ2) is 10.7. The number of halogens is 1. The number of hydrogen-bond acceptors (Lipinski definition) is 3. The van der Waals surface area contributed by atoms with Crippen molar-refractivity contribution in [1.82, 2.24) is 10.2 Å². The largest absolute Gasteiger partial charge is 0.355 e. The van der Waals surface area contributed by atoms with Crippen molar-refractivity contribution in [2.45, 2.75) is 18.6 Å². The minimum Gasteiger partial charge on any atom is -0.355 e.